The maximum absolute atomic E-state index is 12.1. The number of carbonyl (C=O) groups excluding carboxylic acids is 1. The van der Waals surface area contributed by atoms with Gasteiger partial charge < -0.3 is 15.3 Å². The number of nitrogens with one attached hydrogen (secondary N) is 1. The van der Waals surface area contributed by atoms with Crippen LogP contribution in [0.1, 0.15) is 25.3 Å². The summed E-state index contributed by atoms with van der Waals surface area (Å²) in [6, 6.07) is 7.06. The predicted octanol–water partition coefficient (Wildman–Crippen LogP) is 2.74. The van der Waals surface area contributed by atoms with Gasteiger partial charge in [-0.3, -0.25) is 4.79 Å². The standard InChI is InChI=1S/C15H19ClN2O3/c1-2-15(13(19)20)7-8-18(10-15)14(21)17-9-11-5-3-4-6-12(11)16/h3-6H,2,7-10H2,1H3,(H,17,21)(H,19,20). The van der Waals surface area contributed by atoms with Crippen molar-refractivity contribution >= 4 is 23.6 Å². The van der Waals surface area contributed by atoms with Crippen LogP contribution in [0.4, 0.5) is 4.79 Å². The molecule has 1 aromatic rings. The van der Waals surface area contributed by atoms with Crippen LogP contribution in [0.2, 0.25) is 5.02 Å². The van der Waals surface area contributed by atoms with Crippen molar-refractivity contribution < 1.29 is 14.7 Å². The first-order valence-corrected chi connectivity index (χ1v) is 7.36. The van der Waals surface area contributed by atoms with Gasteiger partial charge in [0.1, 0.15) is 0 Å². The zero-order valence-electron chi connectivity index (χ0n) is 11.9. The summed E-state index contributed by atoms with van der Waals surface area (Å²) in [5, 5.41) is 12.7. The second-order valence-electron chi connectivity index (χ2n) is 5.36. The number of likely N-dealkylation sites (tertiary alicyclic amines) is 1. The van der Waals surface area contributed by atoms with Gasteiger partial charge in [0.2, 0.25) is 0 Å². The molecule has 21 heavy (non-hydrogen) atoms. The van der Waals surface area contributed by atoms with E-state index in [-0.39, 0.29) is 12.6 Å². The maximum atomic E-state index is 12.1. The van der Waals surface area contributed by atoms with Crippen molar-refractivity contribution in [2.45, 2.75) is 26.3 Å². The van der Waals surface area contributed by atoms with Crippen LogP contribution in [0.15, 0.2) is 24.3 Å². The van der Waals surface area contributed by atoms with Crippen LogP contribution in [0.25, 0.3) is 0 Å². The molecule has 5 nitrogen and oxygen atoms in total. The molecule has 1 aromatic carbocycles. The number of aliphatic carboxylic acids is 1. The summed E-state index contributed by atoms with van der Waals surface area (Å²) in [4.78, 5) is 25.1. The lowest BCUT2D eigenvalue weighted by atomic mass is 9.84. The monoisotopic (exact) mass is 310 g/mol. The Morgan fingerprint density at radius 1 is 1.43 bits per heavy atom. The lowest BCUT2D eigenvalue weighted by molar-refractivity contribution is -0.148. The molecular formula is C15H19ClN2O3. The molecule has 1 saturated heterocycles. The van der Waals surface area contributed by atoms with Crippen molar-refractivity contribution in [2.75, 3.05) is 13.1 Å². The zero-order valence-corrected chi connectivity index (χ0v) is 12.7. The van der Waals surface area contributed by atoms with Gasteiger partial charge in [0.15, 0.2) is 0 Å². The molecule has 1 aliphatic rings. The molecule has 114 valence electrons. The Balaban J connectivity index is 1.94. The van der Waals surface area contributed by atoms with Crippen LogP contribution in [0, 0.1) is 5.41 Å². The second kappa shape index (κ2) is 6.35. The van der Waals surface area contributed by atoms with Gasteiger partial charge >= 0.3 is 12.0 Å². The van der Waals surface area contributed by atoms with E-state index in [1.54, 1.807) is 11.0 Å². The van der Waals surface area contributed by atoms with Gasteiger partial charge in [0.25, 0.3) is 0 Å². The van der Waals surface area contributed by atoms with Gasteiger partial charge in [0.05, 0.1) is 5.41 Å². The van der Waals surface area contributed by atoms with Crippen molar-refractivity contribution in [3.8, 4) is 0 Å². The number of nitrogens with zero attached hydrogens (tertiary/aromatic N) is 1. The van der Waals surface area contributed by atoms with E-state index < -0.39 is 11.4 Å². The molecule has 0 aromatic heterocycles. The van der Waals surface area contributed by atoms with Crippen molar-refractivity contribution in [1.82, 2.24) is 10.2 Å². The highest BCUT2D eigenvalue weighted by Gasteiger charge is 2.44. The maximum Gasteiger partial charge on any atom is 0.317 e. The third-order valence-electron chi connectivity index (χ3n) is 4.16. The predicted molar refractivity (Wildman–Crippen MR) is 80.2 cm³/mol. The number of halogens is 1. The summed E-state index contributed by atoms with van der Waals surface area (Å²) in [5.74, 6) is -0.827. The first kappa shape index (κ1) is 15.6. The Hall–Kier alpha value is -1.75. The lowest BCUT2D eigenvalue weighted by Crippen LogP contribution is -2.41. The van der Waals surface area contributed by atoms with E-state index in [1.165, 1.54) is 0 Å². The molecule has 1 fully saturated rings. The first-order chi connectivity index (χ1) is 9.98. The smallest absolute Gasteiger partial charge is 0.317 e. The Bertz CT molecular complexity index is 549. The summed E-state index contributed by atoms with van der Waals surface area (Å²) in [6.07, 6.45) is 1.02. The molecule has 0 spiro atoms. The number of hydrogen-bond donors (Lipinski definition) is 2. The molecule has 0 aliphatic carbocycles. The van der Waals surface area contributed by atoms with Gasteiger partial charge in [-0.1, -0.05) is 36.7 Å². The molecule has 6 heteroatoms. The van der Waals surface area contributed by atoms with Crippen LogP contribution < -0.4 is 5.32 Å². The number of amides is 2. The molecule has 1 unspecified atom stereocenters. The minimum Gasteiger partial charge on any atom is -0.481 e. The van der Waals surface area contributed by atoms with Gasteiger partial charge in [-0.2, -0.15) is 0 Å². The van der Waals surface area contributed by atoms with E-state index in [1.807, 2.05) is 25.1 Å². The lowest BCUT2D eigenvalue weighted by Gasteiger charge is -2.23. The Morgan fingerprint density at radius 2 is 2.14 bits per heavy atom. The van der Waals surface area contributed by atoms with Gasteiger partial charge in [-0.25, -0.2) is 4.79 Å². The summed E-state index contributed by atoms with van der Waals surface area (Å²) in [6.45, 7) is 2.90. The van der Waals surface area contributed by atoms with E-state index in [0.29, 0.717) is 31.0 Å². The Labute approximate surface area is 128 Å². The highest BCUT2D eigenvalue weighted by Crippen LogP contribution is 2.34. The molecule has 1 atom stereocenters. The summed E-state index contributed by atoms with van der Waals surface area (Å²) < 4.78 is 0. The van der Waals surface area contributed by atoms with E-state index in [0.717, 1.165) is 5.56 Å². The Morgan fingerprint density at radius 3 is 2.71 bits per heavy atom. The van der Waals surface area contributed by atoms with E-state index >= 15 is 0 Å². The summed E-state index contributed by atoms with van der Waals surface area (Å²) in [7, 11) is 0. The number of urea groups is 1. The molecule has 0 saturated carbocycles. The summed E-state index contributed by atoms with van der Waals surface area (Å²) in [5.41, 5.74) is 0.0357. The number of carbonyl (C=O) groups is 2. The van der Waals surface area contributed by atoms with Gasteiger partial charge in [-0.05, 0) is 24.5 Å². The second-order valence-corrected chi connectivity index (χ2v) is 5.77. The highest BCUT2D eigenvalue weighted by atomic mass is 35.5. The third kappa shape index (κ3) is 3.29. The molecule has 0 bridgehead atoms. The summed E-state index contributed by atoms with van der Waals surface area (Å²) >= 11 is 6.03. The first-order valence-electron chi connectivity index (χ1n) is 6.98. The highest BCUT2D eigenvalue weighted by molar-refractivity contribution is 6.31. The number of benzene rings is 1. The molecule has 1 heterocycles. The van der Waals surface area contributed by atoms with Crippen LogP contribution >= 0.6 is 11.6 Å². The molecule has 2 rings (SSSR count). The van der Waals surface area contributed by atoms with Crippen LogP contribution in [0.3, 0.4) is 0 Å². The molecule has 2 amide bonds. The average molecular weight is 311 g/mol. The van der Waals surface area contributed by atoms with Crippen LogP contribution in [0.5, 0.6) is 0 Å². The van der Waals surface area contributed by atoms with E-state index in [2.05, 4.69) is 5.32 Å². The normalized spacial score (nSPS) is 21.3. The molecule has 2 N–H and O–H groups in total. The fraction of sp³-hybridized carbons (Fsp3) is 0.467. The number of rotatable bonds is 4. The Kier molecular flexibility index (Phi) is 4.73. The fourth-order valence-electron chi connectivity index (χ4n) is 2.58. The largest absolute Gasteiger partial charge is 0.481 e. The average Bonchev–Trinajstić information content (AvgIpc) is 2.92. The van der Waals surface area contributed by atoms with Crippen molar-refractivity contribution in [3.05, 3.63) is 34.9 Å². The topological polar surface area (TPSA) is 69.6 Å². The SMILES string of the molecule is CCC1(C(=O)O)CCN(C(=O)NCc2ccccc2Cl)C1. The minimum atomic E-state index is -0.827. The fourth-order valence-corrected chi connectivity index (χ4v) is 2.79. The van der Waals surface area contributed by atoms with Gasteiger partial charge in [0, 0.05) is 24.7 Å². The number of carboxylic acid groups (broad SMARTS) is 1. The van der Waals surface area contributed by atoms with Crippen LogP contribution in [-0.4, -0.2) is 35.1 Å². The third-order valence-corrected chi connectivity index (χ3v) is 4.53. The quantitative estimate of drug-likeness (QED) is 0.898. The van der Waals surface area contributed by atoms with E-state index in [4.69, 9.17) is 11.6 Å². The zero-order chi connectivity index (χ0) is 15.5. The molecular weight excluding hydrogens is 292 g/mol. The minimum absolute atomic E-state index is 0.244. The molecule has 0 radical (unpaired) electrons. The van der Waals surface area contributed by atoms with Crippen molar-refractivity contribution in [2.24, 2.45) is 5.41 Å². The van der Waals surface area contributed by atoms with E-state index in [9.17, 15) is 14.7 Å². The van der Waals surface area contributed by atoms with Crippen LogP contribution in [-0.2, 0) is 11.3 Å². The van der Waals surface area contributed by atoms with Crippen molar-refractivity contribution in [1.29, 1.82) is 0 Å². The molecule has 1 aliphatic heterocycles. The number of carboxylic acids is 1. The van der Waals surface area contributed by atoms with Crippen molar-refractivity contribution in [3.63, 3.8) is 0 Å². The van der Waals surface area contributed by atoms with Gasteiger partial charge in [-0.15, -0.1) is 0 Å². The number of hydrogen-bond acceptors (Lipinski definition) is 2.